The van der Waals surface area contributed by atoms with Crippen LogP contribution in [0, 0.1) is 0 Å². The van der Waals surface area contributed by atoms with Crippen LogP contribution in [0.15, 0.2) is 4.99 Å². The Labute approximate surface area is 101 Å². The smallest absolute Gasteiger partial charge is 0.124 e. The van der Waals surface area contributed by atoms with Gasteiger partial charge in [0.1, 0.15) is 4.38 Å². The maximum absolute atomic E-state index is 4.47. The summed E-state index contributed by atoms with van der Waals surface area (Å²) in [5.74, 6) is 2.45. The standard InChI is InChI=1S/C11H20N2S2/c1-13-7-3-2-4-10(13)5-8-14-11-12-6-9-15-11/h10H,2-9H2,1H3/t10-/m0/s1. The number of thioether (sulfide) groups is 2. The fourth-order valence-electron chi connectivity index (χ4n) is 2.19. The first kappa shape index (κ1) is 11.8. The van der Waals surface area contributed by atoms with E-state index in [2.05, 4.69) is 16.9 Å². The molecule has 0 N–H and O–H groups in total. The molecule has 1 fully saturated rings. The Bertz CT molecular complexity index is 231. The van der Waals surface area contributed by atoms with Crippen LogP contribution in [0.1, 0.15) is 25.7 Å². The van der Waals surface area contributed by atoms with E-state index in [1.807, 2.05) is 23.5 Å². The molecule has 2 rings (SSSR count). The van der Waals surface area contributed by atoms with Crippen molar-refractivity contribution in [2.24, 2.45) is 4.99 Å². The molecule has 0 bridgehead atoms. The molecular weight excluding hydrogens is 224 g/mol. The molecule has 0 aromatic rings. The van der Waals surface area contributed by atoms with Gasteiger partial charge in [0, 0.05) is 17.5 Å². The number of aliphatic imine (C=N–C) groups is 1. The number of hydrogen-bond acceptors (Lipinski definition) is 4. The first-order valence-electron chi connectivity index (χ1n) is 5.86. The normalized spacial score (nSPS) is 28.1. The molecule has 0 unspecified atom stereocenters. The van der Waals surface area contributed by atoms with Gasteiger partial charge in [-0.2, -0.15) is 0 Å². The number of likely N-dealkylation sites (tertiary alicyclic amines) is 1. The van der Waals surface area contributed by atoms with Gasteiger partial charge in [0.05, 0.1) is 6.54 Å². The van der Waals surface area contributed by atoms with Crippen molar-refractivity contribution in [1.29, 1.82) is 0 Å². The Morgan fingerprint density at radius 1 is 1.53 bits per heavy atom. The van der Waals surface area contributed by atoms with E-state index in [9.17, 15) is 0 Å². The van der Waals surface area contributed by atoms with Crippen molar-refractivity contribution in [3.05, 3.63) is 0 Å². The lowest BCUT2D eigenvalue weighted by Gasteiger charge is -2.32. The van der Waals surface area contributed by atoms with Crippen LogP contribution in [0.3, 0.4) is 0 Å². The van der Waals surface area contributed by atoms with Gasteiger partial charge in [0.15, 0.2) is 0 Å². The van der Waals surface area contributed by atoms with E-state index < -0.39 is 0 Å². The molecule has 1 saturated heterocycles. The molecule has 0 saturated carbocycles. The molecular formula is C11H20N2S2. The summed E-state index contributed by atoms with van der Waals surface area (Å²) in [7, 11) is 2.27. The van der Waals surface area contributed by atoms with Gasteiger partial charge in [0.2, 0.25) is 0 Å². The lowest BCUT2D eigenvalue weighted by Crippen LogP contribution is -2.36. The predicted molar refractivity (Wildman–Crippen MR) is 72.1 cm³/mol. The number of nitrogens with zero attached hydrogens (tertiary/aromatic N) is 2. The quantitative estimate of drug-likeness (QED) is 0.759. The first-order chi connectivity index (χ1) is 7.36. The van der Waals surface area contributed by atoms with E-state index in [1.165, 1.54) is 48.1 Å². The minimum absolute atomic E-state index is 0.832. The molecule has 2 heterocycles. The lowest BCUT2D eigenvalue weighted by atomic mass is 10.0. The van der Waals surface area contributed by atoms with Gasteiger partial charge in [-0.05, 0) is 32.9 Å². The minimum Gasteiger partial charge on any atom is -0.303 e. The summed E-state index contributed by atoms with van der Waals surface area (Å²) in [6.45, 7) is 2.33. The molecule has 0 spiro atoms. The molecule has 0 aliphatic carbocycles. The van der Waals surface area contributed by atoms with Crippen LogP contribution in [0.25, 0.3) is 0 Å². The molecule has 15 heavy (non-hydrogen) atoms. The summed E-state index contributed by atoms with van der Waals surface area (Å²) >= 11 is 3.90. The Kier molecular flexibility index (Phi) is 4.85. The van der Waals surface area contributed by atoms with Gasteiger partial charge in [-0.15, -0.1) is 0 Å². The third-order valence-corrected chi connectivity index (χ3v) is 5.44. The second kappa shape index (κ2) is 6.16. The van der Waals surface area contributed by atoms with Crippen molar-refractivity contribution < 1.29 is 0 Å². The molecule has 2 nitrogen and oxygen atoms in total. The van der Waals surface area contributed by atoms with Gasteiger partial charge in [-0.1, -0.05) is 29.9 Å². The van der Waals surface area contributed by atoms with Gasteiger partial charge in [-0.3, -0.25) is 4.99 Å². The van der Waals surface area contributed by atoms with E-state index >= 15 is 0 Å². The van der Waals surface area contributed by atoms with Crippen molar-refractivity contribution in [2.75, 3.05) is 31.6 Å². The summed E-state index contributed by atoms with van der Waals surface area (Å²) in [4.78, 5) is 7.00. The van der Waals surface area contributed by atoms with E-state index in [-0.39, 0.29) is 0 Å². The van der Waals surface area contributed by atoms with Crippen LogP contribution in [-0.2, 0) is 0 Å². The Hall–Kier alpha value is 0.330. The van der Waals surface area contributed by atoms with Crippen LogP contribution in [-0.4, -0.2) is 47.0 Å². The summed E-state index contributed by atoms with van der Waals surface area (Å²) in [5, 5.41) is 0. The number of rotatable bonds is 3. The van der Waals surface area contributed by atoms with E-state index in [0.717, 1.165) is 12.6 Å². The number of hydrogen-bond donors (Lipinski definition) is 0. The van der Waals surface area contributed by atoms with Gasteiger partial charge >= 0.3 is 0 Å². The monoisotopic (exact) mass is 244 g/mol. The van der Waals surface area contributed by atoms with Crippen molar-refractivity contribution in [3.8, 4) is 0 Å². The zero-order valence-corrected chi connectivity index (χ0v) is 11.1. The van der Waals surface area contributed by atoms with E-state index in [4.69, 9.17) is 0 Å². The van der Waals surface area contributed by atoms with E-state index in [0.29, 0.717) is 0 Å². The summed E-state index contributed by atoms with van der Waals surface area (Å²) < 4.78 is 1.33. The molecule has 1 atom stereocenters. The molecule has 0 aromatic carbocycles. The second-order valence-corrected chi connectivity index (χ2v) is 6.69. The summed E-state index contributed by atoms with van der Waals surface area (Å²) in [6.07, 6.45) is 5.55. The Balaban J connectivity index is 1.63. The highest BCUT2D eigenvalue weighted by atomic mass is 32.2. The minimum atomic E-state index is 0.832. The SMILES string of the molecule is CN1CCCC[C@H]1CCSC1=NCCS1. The van der Waals surface area contributed by atoms with Crippen LogP contribution >= 0.6 is 23.5 Å². The molecule has 0 amide bonds. The molecule has 86 valence electrons. The highest BCUT2D eigenvalue weighted by Gasteiger charge is 2.18. The zero-order valence-electron chi connectivity index (χ0n) is 9.45. The average molecular weight is 244 g/mol. The topological polar surface area (TPSA) is 15.6 Å². The zero-order chi connectivity index (χ0) is 10.5. The largest absolute Gasteiger partial charge is 0.303 e. The van der Waals surface area contributed by atoms with Crippen LogP contribution < -0.4 is 0 Å². The molecule has 4 heteroatoms. The van der Waals surface area contributed by atoms with Gasteiger partial charge in [0.25, 0.3) is 0 Å². The maximum atomic E-state index is 4.47. The first-order valence-corrected chi connectivity index (χ1v) is 7.83. The van der Waals surface area contributed by atoms with Crippen molar-refractivity contribution >= 4 is 27.9 Å². The molecule has 0 aromatic heterocycles. The van der Waals surface area contributed by atoms with Crippen molar-refractivity contribution in [2.45, 2.75) is 31.7 Å². The third-order valence-electron chi connectivity index (χ3n) is 3.16. The van der Waals surface area contributed by atoms with Crippen LogP contribution in [0.2, 0.25) is 0 Å². The Morgan fingerprint density at radius 2 is 2.47 bits per heavy atom. The van der Waals surface area contributed by atoms with Crippen molar-refractivity contribution in [1.82, 2.24) is 4.90 Å². The summed E-state index contributed by atoms with van der Waals surface area (Å²) in [6, 6.07) is 0.832. The average Bonchev–Trinajstić information content (AvgIpc) is 2.74. The fraction of sp³-hybridized carbons (Fsp3) is 0.909. The van der Waals surface area contributed by atoms with Crippen LogP contribution in [0.4, 0.5) is 0 Å². The van der Waals surface area contributed by atoms with Gasteiger partial charge in [-0.25, -0.2) is 0 Å². The molecule has 2 aliphatic heterocycles. The maximum Gasteiger partial charge on any atom is 0.124 e. The fourth-order valence-corrected chi connectivity index (χ4v) is 4.31. The predicted octanol–water partition coefficient (Wildman–Crippen LogP) is 2.70. The highest BCUT2D eigenvalue weighted by Crippen LogP contribution is 2.25. The van der Waals surface area contributed by atoms with E-state index in [1.54, 1.807) is 0 Å². The Morgan fingerprint density at radius 3 is 3.20 bits per heavy atom. The highest BCUT2D eigenvalue weighted by molar-refractivity contribution is 8.39. The second-order valence-electron chi connectivity index (χ2n) is 4.26. The van der Waals surface area contributed by atoms with Gasteiger partial charge < -0.3 is 4.90 Å². The summed E-state index contributed by atoms with van der Waals surface area (Å²) in [5.41, 5.74) is 0. The molecule has 0 radical (unpaired) electrons. The lowest BCUT2D eigenvalue weighted by molar-refractivity contribution is 0.182. The van der Waals surface area contributed by atoms with Crippen molar-refractivity contribution in [3.63, 3.8) is 0 Å². The number of piperidine rings is 1. The molecule has 2 aliphatic rings. The van der Waals surface area contributed by atoms with Crippen LogP contribution in [0.5, 0.6) is 0 Å². The third kappa shape index (κ3) is 3.68.